The quantitative estimate of drug-likeness (QED) is 0.344. The van der Waals surface area contributed by atoms with Gasteiger partial charge in [0.15, 0.2) is 0 Å². The summed E-state index contributed by atoms with van der Waals surface area (Å²) in [6, 6.07) is 13.6. The van der Waals surface area contributed by atoms with Crippen molar-refractivity contribution in [3.63, 3.8) is 0 Å². The van der Waals surface area contributed by atoms with Gasteiger partial charge in [-0.3, -0.25) is 0 Å². The van der Waals surface area contributed by atoms with Gasteiger partial charge < -0.3 is 0 Å². The van der Waals surface area contributed by atoms with Gasteiger partial charge in [-0.25, -0.2) is 0 Å². The van der Waals surface area contributed by atoms with Gasteiger partial charge >= 0.3 is 187 Å². The number of hydrogen-bond acceptors (Lipinski definition) is 0. The second-order valence-corrected chi connectivity index (χ2v) is 16.9. The van der Waals surface area contributed by atoms with Crippen molar-refractivity contribution in [1.82, 2.24) is 0 Å². The average molecular weight is 494 g/mol. The molecule has 0 saturated heterocycles. The Labute approximate surface area is 186 Å². The van der Waals surface area contributed by atoms with Crippen LogP contribution in [0.2, 0.25) is 0 Å². The number of rotatable bonds is 8. The summed E-state index contributed by atoms with van der Waals surface area (Å²) in [6.45, 7) is 9.09. The first kappa shape index (κ1) is 22.3. The van der Waals surface area contributed by atoms with Crippen molar-refractivity contribution in [1.29, 1.82) is 0 Å². The summed E-state index contributed by atoms with van der Waals surface area (Å²) in [6.07, 6.45) is 8.23. The molecule has 1 unspecified atom stereocenters. The molecule has 0 heterocycles. The van der Waals surface area contributed by atoms with E-state index in [-0.39, 0.29) is 0 Å². The Morgan fingerprint density at radius 2 is 1.71 bits per heavy atom. The molecule has 0 saturated carbocycles. The Kier molecular flexibility index (Phi) is 8.06. The fraction of sp³-hybridized carbons (Fsp3) is 0.440. The van der Waals surface area contributed by atoms with Gasteiger partial charge in [-0.1, -0.05) is 0 Å². The normalized spacial score (nSPS) is 15.7. The van der Waals surface area contributed by atoms with E-state index in [9.17, 15) is 0 Å². The predicted molar refractivity (Wildman–Crippen MR) is 122 cm³/mol. The van der Waals surface area contributed by atoms with Crippen molar-refractivity contribution >= 4 is 23.1 Å². The van der Waals surface area contributed by atoms with E-state index in [1.54, 1.807) is 0 Å². The Balaban J connectivity index is 2.25. The van der Waals surface area contributed by atoms with Gasteiger partial charge in [0.25, 0.3) is 0 Å². The molecule has 3 heteroatoms. The molecule has 149 valence electrons. The summed E-state index contributed by atoms with van der Waals surface area (Å²) in [7, 11) is 13.4. The molecule has 0 fully saturated rings. The van der Waals surface area contributed by atoms with Crippen molar-refractivity contribution in [2.45, 2.75) is 69.3 Å². The first-order valence-electron chi connectivity index (χ1n) is 10.6. The summed E-state index contributed by atoms with van der Waals surface area (Å²) in [4.78, 5) is 0. The molecule has 1 atom stereocenters. The van der Waals surface area contributed by atoms with Gasteiger partial charge in [-0.2, -0.15) is 0 Å². The fourth-order valence-electron chi connectivity index (χ4n) is 4.44. The van der Waals surface area contributed by atoms with Gasteiger partial charge in [0, 0.05) is 0 Å². The maximum atomic E-state index is 6.69. The van der Waals surface area contributed by atoms with Crippen LogP contribution in [0.5, 0.6) is 0 Å². The molecular weight excluding hydrogens is 462 g/mol. The molecule has 0 aliphatic heterocycles. The molecule has 0 bridgehead atoms. The summed E-state index contributed by atoms with van der Waals surface area (Å²) in [5.41, 5.74) is 9.96. The Bertz CT molecular complexity index is 852. The number of unbranched alkanes of at least 4 members (excludes halogenated alkanes) is 1. The minimum atomic E-state index is -2.47. The van der Waals surface area contributed by atoms with E-state index < -0.39 is 19.4 Å². The zero-order valence-corrected chi connectivity index (χ0v) is 21.5. The van der Waals surface area contributed by atoms with Crippen molar-refractivity contribution in [3.8, 4) is 11.1 Å². The Hall–Kier alpha value is -0.357. The van der Waals surface area contributed by atoms with E-state index in [1.807, 2.05) is 0 Å². The average Bonchev–Trinajstić information content (AvgIpc) is 3.05. The second-order valence-electron chi connectivity index (χ2n) is 8.14. The summed E-state index contributed by atoms with van der Waals surface area (Å²) < 4.78 is 0.313. The number of allylic oxidation sites excluding steroid dienone is 1. The van der Waals surface area contributed by atoms with Crippen LogP contribution in [0.3, 0.4) is 0 Å². The molecule has 28 heavy (non-hydrogen) atoms. The molecule has 0 spiro atoms. The van der Waals surface area contributed by atoms with Crippen LogP contribution in [0.4, 0.5) is 0 Å². The number of hydrogen-bond donors (Lipinski definition) is 0. The van der Waals surface area contributed by atoms with Crippen LogP contribution >= 0.6 is 17.0 Å². The third kappa shape index (κ3) is 4.53. The van der Waals surface area contributed by atoms with E-state index >= 15 is 0 Å². The Morgan fingerprint density at radius 3 is 2.36 bits per heavy atom. The molecule has 0 aromatic heterocycles. The van der Waals surface area contributed by atoms with E-state index in [0.717, 1.165) is 19.3 Å². The van der Waals surface area contributed by atoms with Crippen LogP contribution in [0, 0.1) is 0 Å². The number of benzene rings is 2. The van der Waals surface area contributed by atoms with Gasteiger partial charge in [-0.15, -0.1) is 0 Å². The summed E-state index contributed by atoms with van der Waals surface area (Å²) >= 11 is -2.47. The topological polar surface area (TPSA) is 0 Å². The molecule has 2 aromatic rings. The van der Waals surface area contributed by atoms with Crippen LogP contribution in [0.15, 0.2) is 42.0 Å². The molecule has 0 N–H and O–H groups in total. The van der Waals surface area contributed by atoms with Crippen molar-refractivity contribution in [2.24, 2.45) is 0 Å². The standard InChI is InChI=1S/C25H31.2ClH.Zr/c1-5-7-11-19-16-21-15-14-20(10-6-2)25(24(21)17-19)23-13-9-8-12-22(23)18(3)4;;;/h8-9,12-18H,5-7,10-11H2,1-4H3;2*1H;/q;;;+2/p-2. The van der Waals surface area contributed by atoms with Crippen LogP contribution in [-0.4, -0.2) is 0 Å². The number of aryl methyl sites for hydroxylation is 1. The molecular formula is C25H31Cl2Zr. The molecule has 2 aromatic carbocycles. The number of halogens is 2. The summed E-state index contributed by atoms with van der Waals surface area (Å²) in [5.74, 6) is 0.495. The van der Waals surface area contributed by atoms with E-state index in [1.165, 1.54) is 51.8 Å². The zero-order chi connectivity index (χ0) is 20.3. The fourth-order valence-corrected chi connectivity index (χ4v) is 9.93. The van der Waals surface area contributed by atoms with Gasteiger partial charge in [0.1, 0.15) is 0 Å². The first-order chi connectivity index (χ1) is 13.5. The van der Waals surface area contributed by atoms with Crippen molar-refractivity contribution in [2.75, 3.05) is 0 Å². The van der Waals surface area contributed by atoms with Gasteiger partial charge in [0.2, 0.25) is 0 Å². The minimum absolute atomic E-state index is 0.313. The first-order valence-corrected chi connectivity index (χ1v) is 18.4. The monoisotopic (exact) mass is 491 g/mol. The zero-order valence-electron chi connectivity index (χ0n) is 17.5. The molecule has 0 nitrogen and oxygen atoms in total. The third-order valence-corrected chi connectivity index (χ3v) is 11.1. The SMILES string of the molecule is CCCCC1=Cc2c(ccc(CCC)c2-c2ccccc2C(C)C)[CH]1[Zr]([Cl])[Cl]. The van der Waals surface area contributed by atoms with Crippen molar-refractivity contribution < 1.29 is 19.4 Å². The third-order valence-electron chi connectivity index (χ3n) is 5.79. The van der Waals surface area contributed by atoms with Crippen LogP contribution in [0.25, 0.3) is 17.2 Å². The van der Waals surface area contributed by atoms with Gasteiger partial charge in [0.05, 0.1) is 0 Å². The molecule has 0 amide bonds. The van der Waals surface area contributed by atoms with Crippen molar-refractivity contribution in [3.05, 3.63) is 64.2 Å². The second kappa shape index (κ2) is 10.1. The van der Waals surface area contributed by atoms with Crippen LogP contribution in [-0.2, 0) is 25.8 Å². The Morgan fingerprint density at radius 1 is 0.964 bits per heavy atom. The van der Waals surface area contributed by atoms with Gasteiger partial charge in [-0.05, 0) is 0 Å². The predicted octanol–water partition coefficient (Wildman–Crippen LogP) is 8.98. The maximum absolute atomic E-state index is 6.69. The van der Waals surface area contributed by atoms with E-state index in [0.29, 0.717) is 9.54 Å². The van der Waals surface area contributed by atoms with Crippen LogP contribution < -0.4 is 0 Å². The molecule has 0 radical (unpaired) electrons. The van der Waals surface area contributed by atoms with E-state index in [2.05, 4.69) is 70.2 Å². The number of fused-ring (bicyclic) bond motifs is 1. The molecule has 1 aliphatic carbocycles. The molecule has 1 aliphatic rings. The molecule has 3 rings (SSSR count). The summed E-state index contributed by atoms with van der Waals surface area (Å²) in [5, 5.41) is 0. The van der Waals surface area contributed by atoms with E-state index in [4.69, 9.17) is 17.0 Å². The van der Waals surface area contributed by atoms with Crippen LogP contribution in [0.1, 0.15) is 85.2 Å².